The molecular formula is C10H24O2Si. The zero-order chi connectivity index (χ0) is 10.2. The second-order valence-electron chi connectivity index (χ2n) is 3.69. The van der Waals surface area contributed by atoms with Crippen molar-refractivity contribution in [2.24, 2.45) is 0 Å². The van der Waals surface area contributed by atoms with Crippen LogP contribution in [-0.4, -0.2) is 35.5 Å². The van der Waals surface area contributed by atoms with E-state index in [4.69, 9.17) is 9.47 Å². The van der Waals surface area contributed by atoms with Crippen molar-refractivity contribution in [3.05, 3.63) is 0 Å². The average Bonchev–Trinajstić information content (AvgIpc) is 2.20. The summed E-state index contributed by atoms with van der Waals surface area (Å²) in [4.78, 5) is 0. The van der Waals surface area contributed by atoms with E-state index >= 15 is 0 Å². The molecule has 0 fully saturated rings. The number of methoxy groups -OCH3 is 2. The quantitative estimate of drug-likeness (QED) is 0.566. The van der Waals surface area contributed by atoms with Crippen molar-refractivity contribution in [1.82, 2.24) is 0 Å². The summed E-state index contributed by atoms with van der Waals surface area (Å²) < 4.78 is 10.3. The van der Waals surface area contributed by atoms with E-state index in [2.05, 4.69) is 13.8 Å². The Balaban J connectivity index is 3.97. The minimum Gasteiger partial charge on any atom is -0.385 e. The van der Waals surface area contributed by atoms with E-state index in [9.17, 15) is 0 Å². The molecule has 0 heterocycles. The van der Waals surface area contributed by atoms with Crippen LogP contribution in [0.3, 0.4) is 0 Å². The standard InChI is InChI=1S/C10H24O2Si/c1-5-13(6-2,9-7-11-3)10-8-12-4/h5-10H2,1-4H3. The van der Waals surface area contributed by atoms with Crippen molar-refractivity contribution in [3.63, 3.8) is 0 Å². The molecule has 0 aromatic carbocycles. The molecule has 0 bridgehead atoms. The van der Waals surface area contributed by atoms with E-state index in [0.717, 1.165) is 13.2 Å². The molecule has 3 heteroatoms. The third kappa shape index (κ3) is 4.79. The number of ether oxygens (including phenoxy) is 2. The molecule has 0 aliphatic carbocycles. The summed E-state index contributed by atoms with van der Waals surface area (Å²) in [5, 5.41) is 0. The van der Waals surface area contributed by atoms with Crippen LogP contribution in [0.1, 0.15) is 13.8 Å². The van der Waals surface area contributed by atoms with Gasteiger partial charge in [-0.2, -0.15) is 0 Å². The first-order valence-electron chi connectivity index (χ1n) is 5.22. The maximum absolute atomic E-state index is 5.17. The molecule has 0 radical (unpaired) electrons. The highest BCUT2D eigenvalue weighted by Crippen LogP contribution is 2.25. The molecule has 0 aliphatic rings. The van der Waals surface area contributed by atoms with E-state index in [-0.39, 0.29) is 0 Å². The summed E-state index contributed by atoms with van der Waals surface area (Å²) in [6.07, 6.45) is 0. The summed E-state index contributed by atoms with van der Waals surface area (Å²) in [5.74, 6) is 0. The van der Waals surface area contributed by atoms with Gasteiger partial charge in [0.05, 0.1) is 8.07 Å². The highest BCUT2D eigenvalue weighted by atomic mass is 28.3. The second-order valence-corrected chi connectivity index (χ2v) is 9.11. The van der Waals surface area contributed by atoms with E-state index < -0.39 is 8.07 Å². The van der Waals surface area contributed by atoms with E-state index in [1.54, 1.807) is 14.2 Å². The highest BCUT2D eigenvalue weighted by Gasteiger charge is 2.27. The fourth-order valence-corrected chi connectivity index (χ4v) is 5.16. The summed E-state index contributed by atoms with van der Waals surface area (Å²) in [6.45, 7) is 6.50. The van der Waals surface area contributed by atoms with E-state index in [1.807, 2.05) is 0 Å². The molecule has 0 N–H and O–H groups in total. The second kappa shape index (κ2) is 7.53. The summed E-state index contributed by atoms with van der Waals surface area (Å²) in [6, 6.07) is 5.30. The largest absolute Gasteiger partial charge is 0.385 e. The number of rotatable bonds is 8. The lowest BCUT2D eigenvalue weighted by molar-refractivity contribution is 0.207. The molecule has 0 rings (SSSR count). The monoisotopic (exact) mass is 204 g/mol. The van der Waals surface area contributed by atoms with Crippen molar-refractivity contribution < 1.29 is 9.47 Å². The fraction of sp³-hybridized carbons (Fsp3) is 1.00. The van der Waals surface area contributed by atoms with E-state index in [1.165, 1.54) is 24.2 Å². The van der Waals surface area contributed by atoms with Gasteiger partial charge in [-0.15, -0.1) is 0 Å². The number of hydrogen-bond acceptors (Lipinski definition) is 2. The highest BCUT2D eigenvalue weighted by molar-refractivity contribution is 6.79. The molecular weight excluding hydrogens is 180 g/mol. The lowest BCUT2D eigenvalue weighted by Crippen LogP contribution is -2.34. The predicted molar refractivity (Wildman–Crippen MR) is 60.1 cm³/mol. The maximum atomic E-state index is 5.17. The smallest absolute Gasteiger partial charge is 0.0575 e. The zero-order valence-corrected chi connectivity index (χ0v) is 10.6. The van der Waals surface area contributed by atoms with Crippen LogP contribution >= 0.6 is 0 Å². The van der Waals surface area contributed by atoms with Gasteiger partial charge < -0.3 is 9.47 Å². The maximum Gasteiger partial charge on any atom is 0.0575 e. The van der Waals surface area contributed by atoms with Gasteiger partial charge >= 0.3 is 0 Å². The molecule has 0 aromatic heterocycles. The van der Waals surface area contributed by atoms with Gasteiger partial charge in [-0.05, 0) is 12.1 Å². The Labute approximate surface area is 83.6 Å². The lowest BCUT2D eigenvalue weighted by atomic mass is 10.8. The number of hydrogen-bond donors (Lipinski definition) is 0. The Morgan fingerprint density at radius 2 is 1.23 bits per heavy atom. The molecule has 0 aromatic rings. The molecule has 80 valence electrons. The third-order valence-corrected chi connectivity index (χ3v) is 8.70. The lowest BCUT2D eigenvalue weighted by Gasteiger charge is -2.28. The fourth-order valence-electron chi connectivity index (χ4n) is 1.72. The molecule has 0 amide bonds. The van der Waals surface area contributed by atoms with Crippen LogP contribution < -0.4 is 0 Å². The zero-order valence-electron chi connectivity index (χ0n) is 9.56. The Kier molecular flexibility index (Phi) is 7.61. The average molecular weight is 204 g/mol. The van der Waals surface area contributed by atoms with Crippen molar-refractivity contribution in [3.8, 4) is 0 Å². The Morgan fingerprint density at radius 1 is 0.846 bits per heavy atom. The Morgan fingerprint density at radius 3 is 1.46 bits per heavy atom. The summed E-state index contributed by atoms with van der Waals surface area (Å²) in [7, 11) is 2.55. The van der Waals surface area contributed by atoms with E-state index in [0.29, 0.717) is 0 Å². The van der Waals surface area contributed by atoms with Gasteiger partial charge in [0, 0.05) is 27.4 Å². The Bertz CT molecular complexity index is 103. The molecule has 0 saturated heterocycles. The van der Waals surface area contributed by atoms with Crippen molar-refractivity contribution >= 4 is 8.07 Å². The van der Waals surface area contributed by atoms with Crippen LogP contribution in [0.25, 0.3) is 0 Å². The molecule has 0 unspecified atom stereocenters. The van der Waals surface area contributed by atoms with Crippen LogP contribution in [0.4, 0.5) is 0 Å². The van der Waals surface area contributed by atoms with Crippen molar-refractivity contribution in [2.75, 3.05) is 27.4 Å². The first kappa shape index (κ1) is 13.1. The SMILES string of the molecule is CC[Si](CC)(CCOC)CCOC. The molecule has 2 nitrogen and oxygen atoms in total. The van der Waals surface area contributed by atoms with Gasteiger partial charge in [0.25, 0.3) is 0 Å². The molecule has 13 heavy (non-hydrogen) atoms. The molecule has 0 saturated carbocycles. The van der Waals surface area contributed by atoms with Crippen LogP contribution in [0.2, 0.25) is 24.2 Å². The van der Waals surface area contributed by atoms with Crippen LogP contribution in [0, 0.1) is 0 Å². The minimum atomic E-state index is -1.04. The van der Waals surface area contributed by atoms with Crippen LogP contribution in [-0.2, 0) is 9.47 Å². The van der Waals surface area contributed by atoms with Crippen LogP contribution in [0.15, 0.2) is 0 Å². The predicted octanol–water partition coefficient (Wildman–Crippen LogP) is 2.77. The third-order valence-electron chi connectivity index (χ3n) is 3.17. The first-order chi connectivity index (χ1) is 6.24. The first-order valence-corrected chi connectivity index (χ1v) is 8.05. The van der Waals surface area contributed by atoms with Gasteiger partial charge in [0.1, 0.15) is 0 Å². The van der Waals surface area contributed by atoms with Gasteiger partial charge in [0.2, 0.25) is 0 Å². The summed E-state index contributed by atoms with van der Waals surface area (Å²) in [5.41, 5.74) is 0. The van der Waals surface area contributed by atoms with Crippen LogP contribution in [0.5, 0.6) is 0 Å². The summed E-state index contributed by atoms with van der Waals surface area (Å²) >= 11 is 0. The molecule has 0 atom stereocenters. The Hall–Kier alpha value is 0.137. The normalized spacial score (nSPS) is 12.0. The molecule has 0 aliphatic heterocycles. The van der Waals surface area contributed by atoms with Crippen molar-refractivity contribution in [1.29, 1.82) is 0 Å². The van der Waals surface area contributed by atoms with Gasteiger partial charge in [-0.25, -0.2) is 0 Å². The van der Waals surface area contributed by atoms with Gasteiger partial charge in [0.15, 0.2) is 0 Å². The van der Waals surface area contributed by atoms with Gasteiger partial charge in [-0.3, -0.25) is 0 Å². The minimum absolute atomic E-state index is 0.928. The molecule has 0 spiro atoms. The van der Waals surface area contributed by atoms with Gasteiger partial charge in [-0.1, -0.05) is 25.9 Å². The topological polar surface area (TPSA) is 18.5 Å². The van der Waals surface area contributed by atoms with Crippen molar-refractivity contribution in [2.45, 2.75) is 38.0 Å².